The van der Waals surface area contributed by atoms with E-state index < -0.39 is 0 Å². The lowest BCUT2D eigenvalue weighted by molar-refractivity contribution is -0.141. The van der Waals surface area contributed by atoms with E-state index in [1.54, 1.807) is 0 Å². The Kier molecular flexibility index (Phi) is 8.33. The Labute approximate surface area is 79.7 Å². The molecule has 0 aliphatic carbocycles. The molecule has 0 aromatic carbocycles. The zero-order chi connectivity index (χ0) is 9.94. The number of rotatable bonds is 7. The topological polar surface area (TPSA) is 50.1 Å². The minimum Gasteiger partial charge on any atom is -0.466 e. The van der Waals surface area contributed by atoms with Crippen molar-refractivity contribution in [2.45, 2.75) is 45.4 Å². The molecule has 0 rings (SSSR count). The van der Waals surface area contributed by atoms with E-state index in [4.69, 9.17) is 10.00 Å². The van der Waals surface area contributed by atoms with E-state index in [1.807, 2.05) is 0 Å². The molecule has 0 radical (unpaired) electrons. The average molecular weight is 183 g/mol. The average Bonchev–Trinajstić information content (AvgIpc) is 2.09. The molecule has 0 amide bonds. The van der Waals surface area contributed by atoms with Crippen molar-refractivity contribution in [1.82, 2.24) is 0 Å². The number of carbonyl (C=O) groups excluding carboxylic acids is 1. The predicted octanol–water partition coefficient (Wildman–Crippen LogP) is 2.41. The molecular weight excluding hydrogens is 166 g/mol. The fourth-order valence-electron chi connectivity index (χ4n) is 1.05. The number of carbonyl (C=O) groups is 1. The van der Waals surface area contributed by atoms with Gasteiger partial charge in [0.2, 0.25) is 0 Å². The molecule has 0 fully saturated rings. The quantitative estimate of drug-likeness (QED) is 0.450. The Morgan fingerprint density at radius 3 is 2.46 bits per heavy atom. The van der Waals surface area contributed by atoms with Crippen molar-refractivity contribution in [1.29, 1.82) is 5.26 Å². The van der Waals surface area contributed by atoms with E-state index in [0.717, 1.165) is 32.1 Å². The number of ether oxygens (including phenoxy) is 1. The van der Waals surface area contributed by atoms with E-state index in [1.165, 1.54) is 6.92 Å². The molecule has 0 atom stereocenters. The zero-order valence-corrected chi connectivity index (χ0v) is 8.21. The number of unbranched alkanes of at least 4 members (excludes halogenated alkanes) is 5. The van der Waals surface area contributed by atoms with E-state index in [0.29, 0.717) is 13.0 Å². The van der Waals surface area contributed by atoms with Crippen LogP contribution in [-0.4, -0.2) is 12.6 Å². The first-order chi connectivity index (χ1) is 6.27. The summed E-state index contributed by atoms with van der Waals surface area (Å²) in [6, 6.07) is 2.12. The fraction of sp³-hybridized carbons (Fsp3) is 0.800. The van der Waals surface area contributed by atoms with Crippen LogP contribution in [0.4, 0.5) is 0 Å². The van der Waals surface area contributed by atoms with Crippen LogP contribution in [0.3, 0.4) is 0 Å². The van der Waals surface area contributed by atoms with Gasteiger partial charge in [-0.25, -0.2) is 0 Å². The number of esters is 1. The highest BCUT2D eigenvalue weighted by atomic mass is 16.5. The highest BCUT2D eigenvalue weighted by molar-refractivity contribution is 5.65. The van der Waals surface area contributed by atoms with E-state index in [-0.39, 0.29) is 5.97 Å². The molecule has 0 aromatic rings. The predicted molar refractivity (Wildman–Crippen MR) is 49.9 cm³/mol. The molecule has 0 aliphatic heterocycles. The van der Waals surface area contributed by atoms with Gasteiger partial charge in [-0.2, -0.15) is 5.26 Å². The van der Waals surface area contributed by atoms with Gasteiger partial charge in [-0.05, 0) is 12.8 Å². The largest absolute Gasteiger partial charge is 0.466 e. The summed E-state index contributed by atoms with van der Waals surface area (Å²) in [4.78, 5) is 10.4. The van der Waals surface area contributed by atoms with Crippen molar-refractivity contribution in [2.75, 3.05) is 6.61 Å². The van der Waals surface area contributed by atoms with Crippen LogP contribution < -0.4 is 0 Å². The van der Waals surface area contributed by atoms with Gasteiger partial charge >= 0.3 is 5.97 Å². The molecule has 13 heavy (non-hydrogen) atoms. The Balaban J connectivity index is 2.92. The second kappa shape index (κ2) is 9.05. The van der Waals surface area contributed by atoms with E-state index in [2.05, 4.69) is 6.07 Å². The lowest BCUT2D eigenvalue weighted by Gasteiger charge is -2.00. The summed E-state index contributed by atoms with van der Waals surface area (Å²) in [6.45, 7) is 1.96. The Morgan fingerprint density at radius 1 is 1.23 bits per heavy atom. The first-order valence-electron chi connectivity index (χ1n) is 4.77. The highest BCUT2D eigenvalue weighted by Crippen LogP contribution is 2.04. The summed E-state index contributed by atoms with van der Waals surface area (Å²) < 4.78 is 4.78. The lowest BCUT2D eigenvalue weighted by atomic mass is 10.1. The van der Waals surface area contributed by atoms with Crippen molar-refractivity contribution in [3.05, 3.63) is 0 Å². The van der Waals surface area contributed by atoms with Gasteiger partial charge in [0.05, 0.1) is 12.7 Å². The third-order valence-electron chi connectivity index (χ3n) is 1.74. The second-order valence-electron chi connectivity index (χ2n) is 3.02. The monoisotopic (exact) mass is 183 g/mol. The van der Waals surface area contributed by atoms with Crippen molar-refractivity contribution in [3.63, 3.8) is 0 Å². The van der Waals surface area contributed by atoms with Crippen LogP contribution in [0.15, 0.2) is 0 Å². The molecule has 0 saturated heterocycles. The molecule has 0 saturated carbocycles. The molecule has 0 N–H and O–H groups in total. The van der Waals surface area contributed by atoms with Crippen molar-refractivity contribution < 1.29 is 9.53 Å². The third-order valence-corrected chi connectivity index (χ3v) is 1.74. The minimum absolute atomic E-state index is 0.204. The van der Waals surface area contributed by atoms with Crippen LogP contribution in [0.1, 0.15) is 45.4 Å². The third kappa shape index (κ3) is 11.0. The van der Waals surface area contributed by atoms with Crippen molar-refractivity contribution in [2.24, 2.45) is 0 Å². The number of nitrogens with zero attached hydrogens (tertiary/aromatic N) is 1. The van der Waals surface area contributed by atoms with Crippen LogP contribution in [0.5, 0.6) is 0 Å². The van der Waals surface area contributed by atoms with Crippen LogP contribution in [0.2, 0.25) is 0 Å². The summed E-state index contributed by atoms with van der Waals surface area (Å²) in [7, 11) is 0. The molecule has 3 heteroatoms. The first kappa shape index (κ1) is 12.0. The molecular formula is C10H17NO2. The summed E-state index contributed by atoms with van der Waals surface area (Å²) in [5.74, 6) is -0.204. The molecule has 0 bridgehead atoms. The van der Waals surface area contributed by atoms with Crippen LogP contribution >= 0.6 is 0 Å². The standard InChI is InChI=1S/C10H17NO2/c1-10(12)13-9-7-5-3-2-4-6-8-11/h2-7,9H2,1H3. The number of hydrogen-bond donors (Lipinski definition) is 0. The van der Waals surface area contributed by atoms with Gasteiger partial charge < -0.3 is 4.74 Å². The molecule has 0 unspecified atom stereocenters. The molecule has 0 heterocycles. The molecule has 0 aliphatic rings. The van der Waals surface area contributed by atoms with Gasteiger partial charge in [-0.15, -0.1) is 0 Å². The second-order valence-corrected chi connectivity index (χ2v) is 3.02. The Hall–Kier alpha value is -1.04. The Bertz CT molecular complexity index is 172. The van der Waals surface area contributed by atoms with Gasteiger partial charge in [-0.1, -0.05) is 19.3 Å². The van der Waals surface area contributed by atoms with Crippen LogP contribution in [0, 0.1) is 11.3 Å². The van der Waals surface area contributed by atoms with Gasteiger partial charge in [0.25, 0.3) is 0 Å². The van der Waals surface area contributed by atoms with Gasteiger partial charge in [0, 0.05) is 13.3 Å². The van der Waals surface area contributed by atoms with Gasteiger partial charge in [-0.3, -0.25) is 4.79 Å². The van der Waals surface area contributed by atoms with Crippen LogP contribution in [-0.2, 0) is 9.53 Å². The van der Waals surface area contributed by atoms with Crippen molar-refractivity contribution in [3.8, 4) is 6.07 Å². The summed E-state index contributed by atoms with van der Waals surface area (Å²) in [6.07, 6.45) is 5.90. The molecule has 0 aromatic heterocycles. The number of nitriles is 1. The van der Waals surface area contributed by atoms with Gasteiger partial charge in [0.15, 0.2) is 0 Å². The van der Waals surface area contributed by atoms with Crippen LogP contribution in [0.25, 0.3) is 0 Å². The first-order valence-corrected chi connectivity index (χ1v) is 4.77. The summed E-state index contributed by atoms with van der Waals surface area (Å²) in [5.41, 5.74) is 0. The maximum atomic E-state index is 10.4. The Morgan fingerprint density at radius 2 is 1.85 bits per heavy atom. The molecule has 3 nitrogen and oxygen atoms in total. The SMILES string of the molecule is CC(=O)OCCCCCCCC#N. The maximum absolute atomic E-state index is 10.4. The molecule has 74 valence electrons. The maximum Gasteiger partial charge on any atom is 0.302 e. The lowest BCUT2D eigenvalue weighted by Crippen LogP contribution is -1.99. The fourth-order valence-corrected chi connectivity index (χ4v) is 1.05. The molecule has 0 spiro atoms. The number of hydrogen-bond acceptors (Lipinski definition) is 3. The van der Waals surface area contributed by atoms with E-state index >= 15 is 0 Å². The smallest absolute Gasteiger partial charge is 0.302 e. The highest BCUT2D eigenvalue weighted by Gasteiger charge is 1.93. The minimum atomic E-state index is -0.204. The van der Waals surface area contributed by atoms with E-state index in [9.17, 15) is 4.79 Å². The zero-order valence-electron chi connectivity index (χ0n) is 8.21. The van der Waals surface area contributed by atoms with Crippen molar-refractivity contribution >= 4 is 5.97 Å². The summed E-state index contributed by atoms with van der Waals surface area (Å²) in [5, 5.41) is 8.26. The normalized spacial score (nSPS) is 9.23. The van der Waals surface area contributed by atoms with Gasteiger partial charge in [0.1, 0.15) is 0 Å². The summed E-state index contributed by atoms with van der Waals surface area (Å²) >= 11 is 0.